The topological polar surface area (TPSA) is 41.3 Å². The highest BCUT2D eigenvalue weighted by Gasteiger charge is 2.48. The van der Waals surface area contributed by atoms with Gasteiger partial charge in [-0.2, -0.15) is 0 Å². The van der Waals surface area contributed by atoms with Gasteiger partial charge < -0.3 is 14.7 Å². The summed E-state index contributed by atoms with van der Waals surface area (Å²) in [5.41, 5.74) is 2.12. The Kier molecular flexibility index (Phi) is 5.08. The van der Waals surface area contributed by atoms with E-state index in [9.17, 15) is 4.39 Å². The Bertz CT molecular complexity index is 762. The third-order valence-corrected chi connectivity index (χ3v) is 6.77. The molecule has 146 valence electrons. The van der Waals surface area contributed by atoms with Crippen LogP contribution in [0.4, 0.5) is 4.39 Å². The first kappa shape index (κ1) is 18.6. The SMILES string of the molecule is CN1CCC(N[C@H]2C[C@@H](Cc3cc(-c4ccc(F)cc4)on3)C2(C)C)CC1. The van der Waals surface area contributed by atoms with Crippen LogP contribution in [-0.2, 0) is 6.42 Å². The van der Waals surface area contributed by atoms with Gasteiger partial charge in [-0.1, -0.05) is 19.0 Å². The molecule has 0 spiro atoms. The number of halogens is 1. The summed E-state index contributed by atoms with van der Waals surface area (Å²) in [5, 5.41) is 8.17. The van der Waals surface area contributed by atoms with Crippen molar-refractivity contribution < 1.29 is 8.91 Å². The van der Waals surface area contributed by atoms with Gasteiger partial charge in [0, 0.05) is 23.7 Å². The van der Waals surface area contributed by atoms with Crippen molar-refractivity contribution in [1.29, 1.82) is 0 Å². The first-order valence-electron chi connectivity index (χ1n) is 10.1. The number of benzene rings is 1. The van der Waals surface area contributed by atoms with Crippen LogP contribution < -0.4 is 5.32 Å². The average molecular weight is 372 g/mol. The lowest BCUT2D eigenvalue weighted by atomic mass is 9.57. The Balaban J connectivity index is 1.33. The number of hydrogen-bond acceptors (Lipinski definition) is 4. The lowest BCUT2D eigenvalue weighted by Gasteiger charge is -2.54. The van der Waals surface area contributed by atoms with E-state index in [1.807, 2.05) is 6.07 Å². The Hall–Kier alpha value is -1.72. The van der Waals surface area contributed by atoms with Gasteiger partial charge in [0.1, 0.15) is 5.82 Å². The molecule has 27 heavy (non-hydrogen) atoms. The quantitative estimate of drug-likeness (QED) is 0.858. The fourth-order valence-corrected chi connectivity index (χ4v) is 4.52. The molecular formula is C22H30FN3O. The Morgan fingerprint density at radius 3 is 2.59 bits per heavy atom. The Morgan fingerprint density at radius 1 is 1.22 bits per heavy atom. The fourth-order valence-electron chi connectivity index (χ4n) is 4.52. The molecule has 0 bridgehead atoms. The number of nitrogens with zero attached hydrogens (tertiary/aromatic N) is 2. The lowest BCUT2D eigenvalue weighted by Crippen LogP contribution is -2.60. The molecule has 1 saturated heterocycles. The molecule has 1 aliphatic heterocycles. The number of likely N-dealkylation sites (tertiary alicyclic amines) is 1. The molecule has 0 amide bonds. The van der Waals surface area contributed by atoms with E-state index in [-0.39, 0.29) is 11.2 Å². The third-order valence-electron chi connectivity index (χ3n) is 6.77. The number of nitrogens with one attached hydrogen (secondary N) is 1. The third kappa shape index (κ3) is 3.94. The highest BCUT2D eigenvalue weighted by molar-refractivity contribution is 5.57. The molecule has 1 aromatic heterocycles. The zero-order valence-electron chi connectivity index (χ0n) is 16.5. The molecule has 2 aromatic rings. The van der Waals surface area contributed by atoms with Gasteiger partial charge in [-0.05, 0) is 81.4 Å². The fraction of sp³-hybridized carbons (Fsp3) is 0.591. The predicted molar refractivity (Wildman–Crippen MR) is 105 cm³/mol. The summed E-state index contributed by atoms with van der Waals surface area (Å²) in [6.45, 7) is 7.13. The van der Waals surface area contributed by atoms with Gasteiger partial charge in [-0.25, -0.2) is 4.39 Å². The van der Waals surface area contributed by atoms with Crippen molar-refractivity contribution in [3.05, 3.63) is 41.8 Å². The van der Waals surface area contributed by atoms with Crippen molar-refractivity contribution in [2.24, 2.45) is 11.3 Å². The summed E-state index contributed by atoms with van der Waals surface area (Å²) in [6.07, 6.45) is 4.62. The predicted octanol–water partition coefficient (Wildman–Crippen LogP) is 4.12. The number of aromatic nitrogens is 1. The normalized spacial score (nSPS) is 26.1. The minimum Gasteiger partial charge on any atom is -0.356 e. The van der Waals surface area contributed by atoms with E-state index in [1.54, 1.807) is 12.1 Å². The van der Waals surface area contributed by atoms with Crippen LogP contribution in [0, 0.1) is 17.2 Å². The molecule has 0 radical (unpaired) electrons. The number of hydrogen-bond donors (Lipinski definition) is 1. The molecule has 2 fully saturated rings. The zero-order valence-corrected chi connectivity index (χ0v) is 16.5. The maximum atomic E-state index is 13.1. The van der Waals surface area contributed by atoms with Crippen molar-refractivity contribution in [2.75, 3.05) is 20.1 Å². The molecule has 0 unspecified atom stereocenters. The van der Waals surface area contributed by atoms with Crippen molar-refractivity contribution in [3.63, 3.8) is 0 Å². The van der Waals surface area contributed by atoms with Crippen LogP contribution in [0.2, 0.25) is 0 Å². The molecule has 1 aromatic carbocycles. The monoisotopic (exact) mass is 371 g/mol. The summed E-state index contributed by atoms with van der Waals surface area (Å²) in [5.74, 6) is 1.08. The van der Waals surface area contributed by atoms with Crippen LogP contribution in [0.15, 0.2) is 34.9 Å². The highest BCUT2D eigenvalue weighted by Crippen LogP contribution is 2.48. The van der Waals surface area contributed by atoms with Crippen LogP contribution >= 0.6 is 0 Å². The van der Waals surface area contributed by atoms with Gasteiger partial charge in [-0.15, -0.1) is 0 Å². The molecular weight excluding hydrogens is 341 g/mol. The van der Waals surface area contributed by atoms with Gasteiger partial charge in [0.2, 0.25) is 0 Å². The first-order valence-corrected chi connectivity index (χ1v) is 10.1. The number of piperidine rings is 1. The van der Waals surface area contributed by atoms with E-state index in [0.717, 1.165) is 17.7 Å². The average Bonchev–Trinajstić information content (AvgIpc) is 3.12. The Labute approximate surface area is 161 Å². The van der Waals surface area contributed by atoms with E-state index < -0.39 is 0 Å². The van der Waals surface area contributed by atoms with E-state index >= 15 is 0 Å². The first-order chi connectivity index (χ1) is 12.9. The molecule has 4 nitrogen and oxygen atoms in total. The van der Waals surface area contributed by atoms with E-state index in [1.165, 1.54) is 44.5 Å². The molecule has 4 rings (SSSR count). The molecule has 1 saturated carbocycles. The number of rotatable bonds is 5. The molecule has 2 heterocycles. The minimum absolute atomic E-state index is 0.238. The van der Waals surface area contributed by atoms with Crippen molar-refractivity contribution in [2.45, 2.75) is 51.6 Å². The second-order valence-electron chi connectivity index (χ2n) is 8.94. The van der Waals surface area contributed by atoms with E-state index in [4.69, 9.17) is 4.52 Å². The summed E-state index contributed by atoms with van der Waals surface area (Å²) in [4.78, 5) is 2.41. The smallest absolute Gasteiger partial charge is 0.167 e. The molecule has 1 aliphatic carbocycles. The minimum atomic E-state index is -0.238. The second kappa shape index (κ2) is 7.36. The van der Waals surface area contributed by atoms with Gasteiger partial charge in [0.25, 0.3) is 0 Å². The maximum absolute atomic E-state index is 13.1. The summed E-state index contributed by atoms with van der Waals surface area (Å²) < 4.78 is 18.6. The second-order valence-corrected chi connectivity index (χ2v) is 8.94. The van der Waals surface area contributed by atoms with Crippen molar-refractivity contribution in [1.82, 2.24) is 15.4 Å². The maximum Gasteiger partial charge on any atom is 0.167 e. The summed E-state index contributed by atoms with van der Waals surface area (Å²) in [7, 11) is 2.21. The molecule has 2 aliphatic rings. The van der Waals surface area contributed by atoms with Crippen LogP contribution in [0.25, 0.3) is 11.3 Å². The molecule has 5 heteroatoms. The van der Waals surface area contributed by atoms with Gasteiger partial charge in [-0.3, -0.25) is 0 Å². The summed E-state index contributed by atoms with van der Waals surface area (Å²) >= 11 is 0. The van der Waals surface area contributed by atoms with Crippen molar-refractivity contribution >= 4 is 0 Å². The highest BCUT2D eigenvalue weighted by atomic mass is 19.1. The zero-order chi connectivity index (χ0) is 19.0. The van der Waals surface area contributed by atoms with Crippen LogP contribution in [0.3, 0.4) is 0 Å². The van der Waals surface area contributed by atoms with Crippen molar-refractivity contribution in [3.8, 4) is 11.3 Å². The summed E-state index contributed by atoms with van der Waals surface area (Å²) in [6, 6.07) is 9.60. The molecule has 2 atom stereocenters. The standard InChI is InChI=1S/C22H30FN3O/c1-22(2)16(13-21(22)24-18-8-10-26(3)11-9-18)12-19-14-20(27-25-19)15-4-6-17(23)7-5-15/h4-7,14,16,18,21,24H,8-13H2,1-3H3/t16-,21+/m1/s1. The van der Waals surface area contributed by atoms with Gasteiger partial charge in [0.05, 0.1) is 5.69 Å². The van der Waals surface area contributed by atoms with Gasteiger partial charge >= 0.3 is 0 Å². The van der Waals surface area contributed by atoms with Crippen LogP contribution in [0.5, 0.6) is 0 Å². The molecule has 1 N–H and O–H groups in total. The lowest BCUT2D eigenvalue weighted by molar-refractivity contribution is 0.00207. The Morgan fingerprint density at radius 2 is 1.93 bits per heavy atom. The van der Waals surface area contributed by atoms with Gasteiger partial charge in [0.15, 0.2) is 5.76 Å². The largest absolute Gasteiger partial charge is 0.356 e. The van der Waals surface area contributed by atoms with E-state index in [2.05, 4.69) is 36.3 Å². The van der Waals surface area contributed by atoms with E-state index in [0.29, 0.717) is 23.8 Å². The van der Waals surface area contributed by atoms with Crippen LogP contribution in [-0.4, -0.2) is 42.3 Å². The van der Waals surface area contributed by atoms with Crippen LogP contribution in [0.1, 0.15) is 38.8 Å².